The van der Waals surface area contributed by atoms with Crippen LogP contribution in [0.25, 0.3) is 11.1 Å². The fourth-order valence-electron chi connectivity index (χ4n) is 4.15. The number of benzene rings is 3. The third-order valence-electron chi connectivity index (χ3n) is 6.13. The van der Waals surface area contributed by atoms with Gasteiger partial charge in [0.1, 0.15) is 12.0 Å². The first-order chi connectivity index (χ1) is 16.7. The zero-order valence-electron chi connectivity index (χ0n) is 19.5. The van der Waals surface area contributed by atoms with Gasteiger partial charge in [-0.05, 0) is 43.9 Å². The standard InChI is InChI=1S/C29H28N2O3/c1-21-22(2)30-34-28(21)31-17-19-33-29(31)25-15-16-26(24-13-7-4-8-14-24)27(20-25)32-18-9-12-23-10-5-3-6-11-23/h3-8,10-11,13-17,19-20,29H,9,12,18H2,1-2H3. The van der Waals surface area contributed by atoms with Gasteiger partial charge in [0.05, 0.1) is 12.3 Å². The van der Waals surface area contributed by atoms with Crippen molar-refractivity contribution in [1.29, 1.82) is 0 Å². The molecular weight excluding hydrogens is 424 g/mol. The molecule has 1 aliphatic heterocycles. The van der Waals surface area contributed by atoms with Crippen molar-refractivity contribution in [2.75, 3.05) is 11.5 Å². The number of rotatable bonds is 8. The van der Waals surface area contributed by atoms with Crippen LogP contribution in [0.1, 0.15) is 35.0 Å². The van der Waals surface area contributed by atoms with Crippen molar-refractivity contribution in [3.63, 3.8) is 0 Å². The fraction of sp³-hybridized carbons (Fsp3) is 0.207. The molecule has 5 nitrogen and oxygen atoms in total. The monoisotopic (exact) mass is 452 g/mol. The molecule has 3 aromatic carbocycles. The van der Waals surface area contributed by atoms with Crippen molar-refractivity contribution in [2.45, 2.75) is 32.9 Å². The van der Waals surface area contributed by atoms with Crippen LogP contribution in [0.5, 0.6) is 5.75 Å². The molecule has 1 unspecified atom stereocenters. The van der Waals surface area contributed by atoms with Gasteiger partial charge in [-0.25, -0.2) is 0 Å². The van der Waals surface area contributed by atoms with Gasteiger partial charge in [0.25, 0.3) is 0 Å². The van der Waals surface area contributed by atoms with Crippen LogP contribution in [0.4, 0.5) is 5.88 Å². The Hall–Kier alpha value is -3.99. The van der Waals surface area contributed by atoms with E-state index in [2.05, 4.69) is 59.8 Å². The highest BCUT2D eigenvalue weighted by molar-refractivity contribution is 5.71. The van der Waals surface area contributed by atoms with Crippen molar-refractivity contribution in [2.24, 2.45) is 0 Å². The van der Waals surface area contributed by atoms with Gasteiger partial charge in [-0.1, -0.05) is 78.0 Å². The maximum Gasteiger partial charge on any atom is 0.237 e. The molecular formula is C29H28N2O3. The second-order valence-electron chi connectivity index (χ2n) is 8.44. The van der Waals surface area contributed by atoms with Gasteiger partial charge in [0.15, 0.2) is 0 Å². The molecule has 1 aromatic heterocycles. The summed E-state index contributed by atoms with van der Waals surface area (Å²) in [6.45, 7) is 4.57. The van der Waals surface area contributed by atoms with E-state index in [1.54, 1.807) is 6.26 Å². The number of nitrogens with zero attached hydrogens (tertiary/aromatic N) is 2. The Balaban J connectivity index is 1.39. The van der Waals surface area contributed by atoms with Crippen LogP contribution in [0.2, 0.25) is 0 Å². The molecule has 0 fully saturated rings. The van der Waals surface area contributed by atoms with Crippen molar-refractivity contribution >= 4 is 5.88 Å². The minimum atomic E-state index is -0.345. The molecule has 0 saturated heterocycles. The molecule has 0 amide bonds. The summed E-state index contributed by atoms with van der Waals surface area (Å²) in [5, 5.41) is 4.10. The largest absolute Gasteiger partial charge is 0.493 e. The van der Waals surface area contributed by atoms with Gasteiger partial charge in [-0.3, -0.25) is 4.90 Å². The highest BCUT2D eigenvalue weighted by atomic mass is 16.5. The van der Waals surface area contributed by atoms with E-state index >= 15 is 0 Å². The third-order valence-corrected chi connectivity index (χ3v) is 6.13. The van der Waals surface area contributed by atoms with Crippen LogP contribution in [0, 0.1) is 13.8 Å². The Kier molecular flexibility index (Phi) is 6.34. The first-order valence-corrected chi connectivity index (χ1v) is 11.6. The first-order valence-electron chi connectivity index (χ1n) is 11.6. The van der Waals surface area contributed by atoms with E-state index in [4.69, 9.17) is 14.0 Å². The van der Waals surface area contributed by atoms with Crippen molar-refractivity contribution in [1.82, 2.24) is 5.16 Å². The average molecular weight is 453 g/mol. The van der Waals surface area contributed by atoms with Gasteiger partial charge in [0, 0.05) is 22.9 Å². The van der Waals surface area contributed by atoms with Crippen LogP contribution < -0.4 is 9.64 Å². The van der Waals surface area contributed by atoms with Gasteiger partial charge in [-0.15, -0.1) is 0 Å². The predicted molar refractivity (Wildman–Crippen MR) is 134 cm³/mol. The number of aromatic nitrogens is 1. The summed E-state index contributed by atoms with van der Waals surface area (Å²) in [7, 11) is 0. The minimum absolute atomic E-state index is 0.345. The molecule has 0 spiro atoms. The van der Waals surface area contributed by atoms with E-state index in [9.17, 15) is 0 Å². The second-order valence-corrected chi connectivity index (χ2v) is 8.44. The molecule has 34 heavy (non-hydrogen) atoms. The molecule has 0 aliphatic carbocycles. The van der Waals surface area contributed by atoms with Crippen LogP contribution >= 0.6 is 0 Å². The Morgan fingerprint density at radius 1 is 0.941 bits per heavy atom. The molecule has 0 radical (unpaired) electrons. The molecule has 1 atom stereocenters. The Labute approximate surface area is 200 Å². The van der Waals surface area contributed by atoms with Gasteiger partial charge < -0.3 is 14.0 Å². The van der Waals surface area contributed by atoms with Crippen molar-refractivity contribution in [3.8, 4) is 16.9 Å². The number of anilines is 1. The molecule has 0 saturated carbocycles. The number of hydrogen-bond donors (Lipinski definition) is 0. The fourth-order valence-corrected chi connectivity index (χ4v) is 4.15. The molecule has 5 heteroatoms. The number of aryl methyl sites for hydroxylation is 2. The van der Waals surface area contributed by atoms with E-state index in [-0.39, 0.29) is 6.23 Å². The quantitative estimate of drug-likeness (QED) is 0.270. The number of ether oxygens (including phenoxy) is 2. The lowest BCUT2D eigenvalue weighted by Crippen LogP contribution is -2.20. The molecule has 2 heterocycles. The van der Waals surface area contributed by atoms with Crippen molar-refractivity contribution in [3.05, 3.63) is 114 Å². The van der Waals surface area contributed by atoms with E-state index in [1.807, 2.05) is 49.2 Å². The summed E-state index contributed by atoms with van der Waals surface area (Å²) in [6.07, 6.45) is 5.14. The number of hydrogen-bond acceptors (Lipinski definition) is 5. The van der Waals surface area contributed by atoms with E-state index in [1.165, 1.54) is 5.56 Å². The van der Waals surface area contributed by atoms with Crippen LogP contribution in [-0.2, 0) is 11.2 Å². The SMILES string of the molecule is Cc1noc(N2C=COC2c2ccc(-c3ccccc3)c(OCCCc3ccccc3)c2)c1C. The van der Waals surface area contributed by atoms with Gasteiger partial charge >= 0.3 is 0 Å². The Morgan fingerprint density at radius 3 is 2.44 bits per heavy atom. The molecule has 172 valence electrons. The highest BCUT2D eigenvalue weighted by Crippen LogP contribution is 2.39. The molecule has 1 aliphatic rings. The van der Waals surface area contributed by atoms with E-state index < -0.39 is 0 Å². The summed E-state index contributed by atoms with van der Waals surface area (Å²) < 4.78 is 17.9. The maximum atomic E-state index is 6.35. The van der Waals surface area contributed by atoms with Gasteiger partial charge in [0.2, 0.25) is 12.1 Å². The van der Waals surface area contributed by atoms with Gasteiger partial charge in [-0.2, -0.15) is 0 Å². The Morgan fingerprint density at radius 2 is 1.71 bits per heavy atom. The molecule has 5 rings (SSSR count). The molecule has 0 bridgehead atoms. The van der Waals surface area contributed by atoms with Crippen LogP contribution in [0.15, 0.2) is 95.8 Å². The van der Waals surface area contributed by atoms with E-state index in [0.717, 1.165) is 46.5 Å². The zero-order chi connectivity index (χ0) is 23.3. The minimum Gasteiger partial charge on any atom is -0.493 e. The van der Waals surface area contributed by atoms with Crippen molar-refractivity contribution < 1.29 is 14.0 Å². The highest BCUT2D eigenvalue weighted by Gasteiger charge is 2.29. The maximum absolute atomic E-state index is 6.35. The normalized spacial score (nSPS) is 14.9. The van der Waals surface area contributed by atoms with Crippen LogP contribution in [0.3, 0.4) is 0 Å². The topological polar surface area (TPSA) is 47.7 Å². The average Bonchev–Trinajstić information content (AvgIpc) is 3.49. The lowest BCUT2D eigenvalue weighted by atomic mass is 10.0. The first kappa shape index (κ1) is 21.8. The summed E-state index contributed by atoms with van der Waals surface area (Å²) in [6, 6.07) is 27.1. The summed E-state index contributed by atoms with van der Waals surface area (Å²) in [4.78, 5) is 1.96. The summed E-state index contributed by atoms with van der Waals surface area (Å²) >= 11 is 0. The smallest absolute Gasteiger partial charge is 0.237 e. The zero-order valence-corrected chi connectivity index (χ0v) is 19.5. The molecule has 0 N–H and O–H groups in total. The summed E-state index contributed by atoms with van der Waals surface area (Å²) in [5.74, 6) is 1.53. The molecule has 4 aromatic rings. The third kappa shape index (κ3) is 4.55. The Bertz CT molecular complexity index is 1270. The lowest BCUT2D eigenvalue weighted by molar-refractivity contribution is 0.169. The predicted octanol–water partition coefficient (Wildman–Crippen LogP) is 6.98. The second kappa shape index (κ2) is 9.87. The van der Waals surface area contributed by atoms with E-state index in [0.29, 0.717) is 12.5 Å². The lowest BCUT2D eigenvalue weighted by Gasteiger charge is -2.23. The summed E-state index contributed by atoms with van der Waals surface area (Å²) in [5.41, 5.74) is 6.36. The van der Waals surface area contributed by atoms with Crippen LogP contribution in [-0.4, -0.2) is 11.8 Å².